The van der Waals surface area contributed by atoms with Gasteiger partial charge in [-0.05, 0) is 11.6 Å². The molecule has 0 saturated heterocycles. The van der Waals surface area contributed by atoms with Crippen molar-refractivity contribution < 1.29 is 36.6 Å². The molecular weight excluding hydrogens is 265 g/mol. The van der Waals surface area contributed by atoms with E-state index in [2.05, 4.69) is 9.72 Å². The van der Waals surface area contributed by atoms with Gasteiger partial charge < -0.3 is 9.84 Å². The van der Waals surface area contributed by atoms with Crippen LogP contribution in [0.15, 0.2) is 6.07 Å². The Labute approximate surface area is 97.0 Å². The third-order valence-electron chi connectivity index (χ3n) is 1.84. The number of carbonyl (C=O) groups is 1. The Kier molecular flexibility index (Phi) is 4.04. The van der Waals surface area contributed by atoms with Gasteiger partial charge in [0.15, 0.2) is 0 Å². The molecule has 0 saturated carbocycles. The molecule has 0 unspecified atom stereocenters. The molecule has 1 aromatic rings. The number of aliphatic carboxylic acids is 1. The van der Waals surface area contributed by atoms with Crippen LogP contribution in [0.2, 0.25) is 0 Å². The van der Waals surface area contributed by atoms with Gasteiger partial charge in [0, 0.05) is 5.56 Å². The minimum atomic E-state index is -5.18. The lowest BCUT2D eigenvalue weighted by atomic mass is 10.1. The molecule has 100 valence electrons. The van der Waals surface area contributed by atoms with Gasteiger partial charge in [0.1, 0.15) is 6.67 Å². The minimum absolute atomic E-state index is 0.461. The van der Waals surface area contributed by atoms with Gasteiger partial charge in [0.25, 0.3) is 0 Å². The number of carboxylic acids is 1. The molecule has 18 heavy (non-hydrogen) atoms. The quantitative estimate of drug-likeness (QED) is 0.673. The third-order valence-corrected chi connectivity index (χ3v) is 1.84. The molecule has 0 radical (unpaired) electrons. The van der Waals surface area contributed by atoms with Crippen molar-refractivity contribution in [2.24, 2.45) is 0 Å². The van der Waals surface area contributed by atoms with Crippen LogP contribution in [0.4, 0.5) is 22.0 Å². The van der Waals surface area contributed by atoms with Crippen molar-refractivity contribution in [3.05, 3.63) is 23.1 Å². The Morgan fingerprint density at radius 3 is 2.50 bits per heavy atom. The van der Waals surface area contributed by atoms with Crippen LogP contribution in [0.25, 0.3) is 0 Å². The van der Waals surface area contributed by atoms with E-state index in [0.717, 1.165) is 0 Å². The van der Waals surface area contributed by atoms with E-state index in [9.17, 15) is 26.7 Å². The average Bonchev–Trinajstić information content (AvgIpc) is 2.13. The van der Waals surface area contributed by atoms with Crippen molar-refractivity contribution in [2.75, 3.05) is 0 Å². The van der Waals surface area contributed by atoms with Crippen molar-refractivity contribution in [2.45, 2.75) is 19.5 Å². The van der Waals surface area contributed by atoms with Crippen LogP contribution in [-0.4, -0.2) is 22.4 Å². The van der Waals surface area contributed by atoms with Gasteiger partial charge in [0.05, 0.1) is 6.42 Å². The summed E-state index contributed by atoms with van der Waals surface area (Å²) < 4.78 is 64.7. The number of aromatic nitrogens is 1. The zero-order chi connectivity index (χ0) is 13.9. The minimum Gasteiger partial charge on any atom is -0.481 e. The molecule has 1 aromatic heterocycles. The van der Waals surface area contributed by atoms with Gasteiger partial charge in [-0.2, -0.15) is 9.37 Å². The Hall–Kier alpha value is -1.93. The molecule has 0 aromatic carbocycles. The highest BCUT2D eigenvalue weighted by atomic mass is 19.4. The van der Waals surface area contributed by atoms with E-state index in [1.807, 2.05) is 0 Å². The molecule has 0 bridgehead atoms. The number of alkyl halides is 4. The van der Waals surface area contributed by atoms with Crippen LogP contribution in [0, 0.1) is 5.95 Å². The number of halogens is 5. The number of hydrogen-bond acceptors (Lipinski definition) is 3. The summed E-state index contributed by atoms with van der Waals surface area (Å²) in [5, 5.41) is 8.47. The molecule has 0 spiro atoms. The lowest BCUT2D eigenvalue weighted by molar-refractivity contribution is -0.276. The lowest BCUT2D eigenvalue weighted by Gasteiger charge is -2.13. The highest BCUT2D eigenvalue weighted by Gasteiger charge is 2.34. The van der Waals surface area contributed by atoms with Crippen molar-refractivity contribution in [1.82, 2.24) is 4.98 Å². The van der Waals surface area contributed by atoms with E-state index < -0.39 is 48.4 Å². The van der Waals surface area contributed by atoms with Crippen molar-refractivity contribution in [3.8, 4) is 5.88 Å². The zero-order valence-corrected chi connectivity index (χ0v) is 8.59. The van der Waals surface area contributed by atoms with Crippen molar-refractivity contribution >= 4 is 5.97 Å². The Balaban J connectivity index is 3.24. The molecule has 0 amide bonds. The summed E-state index contributed by atoms with van der Waals surface area (Å²) in [6.45, 7) is -1.46. The molecule has 0 aliphatic heterocycles. The maximum Gasteiger partial charge on any atom is 0.574 e. The van der Waals surface area contributed by atoms with Gasteiger partial charge in [-0.1, -0.05) is 0 Å². The van der Waals surface area contributed by atoms with Gasteiger partial charge in [0.2, 0.25) is 11.8 Å². The maximum absolute atomic E-state index is 12.9. The molecule has 0 aliphatic rings. The third kappa shape index (κ3) is 3.82. The highest BCUT2D eigenvalue weighted by molar-refractivity contribution is 5.71. The molecular formula is C9H6F5NO3. The molecule has 4 nitrogen and oxygen atoms in total. The first-order chi connectivity index (χ1) is 8.23. The van der Waals surface area contributed by atoms with Crippen LogP contribution in [0.1, 0.15) is 11.1 Å². The van der Waals surface area contributed by atoms with Crippen molar-refractivity contribution in [1.29, 1.82) is 0 Å². The van der Waals surface area contributed by atoms with E-state index in [1.165, 1.54) is 0 Å². The fraction of sp³-hybridized carbons (Fsp3) is 0.333. The largest absolute Gasteiger partial charge is 0.574 e. The van der Waals surface area contributed by atoms with E-state index in [0.29, 0.717) is 6.07 Å². The maximum atomic E-state index is 12.9. The first kappa shape index (κ1) is 14.1. The molecule has 1 heterocycles. The Morgan fingerprint density at radius 2 is 2.06 bits per heavy atom. The number of hydrogen-bond donors (Lipinski definition) is 1. The number of pyridine rings is 1. The van der Waals surface area contributed by atoms with E-state index in [4.69, 9.17) is 5.11 Å². The van der Waals surface area contributed by atoms with Crippen LogP contribution >= 0.6 is 0 Å². The van der Waals surface area contributed by atoms with Gasteiger partial charge >= 0.3 is 12.3 Å². The highest BCUT2D eigenvalue weighted by Crippen LogP contribution is 2.28. The standard InChI is InChI=1S/C9H6F5NO3/c10-3-5-4(2-7(16)17)1-6(11)15-8(5)18-9(12,13)14/h1H,2-3H2,(H,16,17). The predicted octanol–water partition coefficient (Wildman–Crippen LogP) is 2.22. The second-order valence-corrected chi connectivity index (χ2v) is 3.14. The molecule has 9 heteroatoms. The van der Waals surface area contributed by atoms with Crippen molar-refractivity contribution in [3.63, 3.8) is 0 Å². The summed E-state index contributed by atoms with van der Waals surface area (Å²) >= 11 is 0. The van der Waals surface area contributed by atoms with Crippen LogP contribution in [-0.2, 0) is 17.9 Å². The number of ether oxygens (including phenoxy) is 1. The first-order valence-corrected chi connectivity index (χ1v) is 4.44. The average molecular weight is 271 g/mol. The normalized spacial score (nSPS) is 11.4. The number of rotatable bonds is 4. The summed E-state index contributed by atoms with van der Waals surface area (Å²) in [7, 11) is 0. The van der Waals surface area contributed by atoms with E-state index in [1.54, 1.807) is 0 Å². The van der Waals surface area contributed by atoms with Gasteiger partial charge in [-0.3, -0.25) is 4.79 Å². The second-order valence-electron chi connectivity index (χ2n) is 3.14. The topological polar surface area (TPSA) is 59.4 Å². The fourth-order valence-corrected chi connectivity index (χ4v) is 1.22. The molecule has 1 N–H and O–H groups in total. The SMILES string of the molecule is O=C(O)Cc1cc(F)nc(OC(F)(F)F)c1CF. The Morgan fingerprint density at radius 1 is 1.44 bits per heavy atom. The summed E-state index contributed by atoms with van der Waals surface area (Å²) in [4.78, 5) is 13.2. The second kappa shape index (κ2) is 5.15. The van der Waals surface area contributed by atoms with Gasteiger partial charge in [-0.15, -0.1) is 13.2 Å². The summed E-state index contributed by atoms with van der Waals surface area (Å²) in [6, 6.07) is 0.548. The van der Waals surface area contributed by atoms with Gasteiger partial charge in [-0.25, -0.2) is 4.39 Å². The van der Waals surface area contributed by atoms with E-state index >= 15 is 0 Å². The first-order valence-electron chi connectivity index (χ1n) is 4.44. The number of carboxylic acid groups (broad SMARTS) is 1. The Bertz CT molecular complexity index is 460. The van der Waals surface area contributed by atoms with Crippen LogP contribution < -0.4 is 4.74 Å². The van der Waals surface area contributed by atoms with E-state index in [-0.39, 0.29) is 0 Å². The number of nitrogens with zero attached hydrogens (tertiary/aromatic N) is 1. The predicted molar refractivity (Wildman–Crippen MR) is 47.0 cm³/mol. The molecule has 0 aliphatic carbocycles. The zero-order valence-electron chi connectivity index (χ0n) is 8.59. The molecule has 1 rings (SSSR count). The van der Waals surface area contributed by atoms with Crippen LogP contribution in [0.3, 0.4) is 0 Å². The lowest BCUT2D eigenvalue weighted by Crippen LogP contribution is -2.20. The summed E-state index contributed by atoms with van der Waals surface area (Å²) in [5.41, 5.74) is -1.20. The summed E-state index contributed by atoms with van der Waals surface area (Å²) in [5.74, 6) is -4.16. The fourth-order valence-electron chi connectivity index (χ4n) is 1.22. The van der Waals surface area contributed by atoms with Crippen LogP contribution in [0.5, 0.6) is 5.88 Å². The smallest absolute Gasteiger partial charge is 0.481 e. The summed E-state index contributed by atoms with van der Waals surface area (Å²) in [6.07, 6.45) is -6.02. The monoisotopic (exact) mass is 271 g/mol. The molecule has 0 fully saturated rings. The molecule has 0 atom stereocenters.